The van der Waals surface area contributed by atoms with E-state index in [1.54, 1.807) is 0 Å². The minimum Gasteiger partial charge on any atom is -0.311 e. The molecule has 10 aromatic rings. The maximum Gasteiger partial charge on any atom is 0.0727 e. The van der Waals surface area contributed by atoms with Crippen molar-refractivity contribution in [2.45, 2.75) is 0 Å². The van der Waals surface area contributed by atoms with Crippen LogP contribution in [0.4, 0.5) is 17.1 Å². The molecule has 2 heterocycles. The summed E-state index contributed by atoms with van der Waals surface area (Å²) in [6.45, 7) is 0. The van der Waals surface area contributed by atoms with Crippen molar-refractivity contribution in [3.8, 4) is 27.9 Å². The first-order valence-corrected chi connectivity index (χ1v) is 18.2. The van der Waals surface area contributed by atoms with E-state index in [0.29, 0.717) is 0 Å². The van der Waals surface area contributed by atoms with Gasteiger partial charge in [-0.2, -0.15) is 0 Å². The molecule has 10 rings (SSSR count). The van der Waals surface area contributed by atoms with Crippen molar-refractivity contribution in [3.05, 3.63) is 194 Å². The molecule has 0 saturated heterocycles. The molecule has 3 heteroatoms. The molecule has 0 aliphatic carbocycles. The first-order valence-electron chi connectivity index (χ1n) is 17.4. The summed E-state index contributed by atoms with van der Waals surface area (Å²) in [5.74, 6) is 0. The second-order valence-corrected chi connectivity index (χ2v) is 14.0. The van der Waals surface area contributed by atoms with E-state index < -0.39 is 0 Å². The van der Waals surface area contributed by atoms with Crippen LogP contribution in [-0.2, 0) is 0 Å². The van der Waals surface area contributed by atoms with Crippen LogP contribution in [-0.4, -0.2) is 4.57 Å². The minimum atomic E-state index is 1.11. The van der Waals surface area contributed by atoms with E-state index in [4.69, 9.17) is 0 Å². The fourth-order valence-electron chi connectivity index (χ4n) is 7.65. The van der Waals surface area contributed by atoms with Crippen molar-refractivity contribution in [1.29, 1.82) is 0 Å². The molecule has 51 heavy (non-hydrogen) atoms. The lowest BCUT2D eigenvalue weighted by Crippen LogP contribution is -2.09. The topological polar surface area (TPSA) is 8.17 Å². The number of rotatable bonds is 6. The van der Waals surface area contributed by atoms with Crippen LogP contribution in [0.25, 0.3) is 69.9 Å². The molecule has 0 amide bonds. The Bertz CT molecular complexity index is 2820. The van der Waals surface area contributed by atoms with E-state index in [9.17, 15) is 0 Å². The second-order valence-electron chi connectivity index (χ2n) is 12.9. The van der Waals surface area contributed by atoms with Gasteiger partial charge in [0.2, 0.25) is 0 Å². The highest BCUT2D eigenvalue weighted by Gasteiger charge is 2.20. The molecule has 240 valence electrons. The molecular formula is C48H32N2S. The standard InChI is InChI=1S/C48H32N2S/c1-3-13-33(14-4-1)34-23-27-37(28-24-34)49(36-15-5-2-6-16-36)38-29-25-35(26-30-38)39-31-32-45(41-18-8-7-17-40(39)41)50-44-21-11-9-19-42(44)48-47(50)43-20-10-12-22-46(43)51-48/h1-32H. The summed E-state index contributed by atoms with van der Waals surface area (Å²) in [5.41, 5.74) is 11.9. The zero-order valence-corrected chi connectivity index (χ0v) is 28.6. The third kappa shape index (κ3) is 4.93. The highest BCUT2D eigenvalue weighted by atomic mass is 32.1. The fourth-order valence-corrected chi connectivity index (χ4v) is 8.87. The average Bonchev–Trinajstić information content (AvgIpc) is 3.74. The molecule has 0 atom stereocenters. The number of thiophene rings is 1. The third-order valence-electron chi connectivity index (χ3n) is 10.0. The van der Waals surface area contributed by atoms with E-state index >= 15 is 0 Å². The van der Waals surface area contributed by atoms with Gasteiger partial charge in [-0.1, -0.05) is 140 Å². The normalized spacial score (nSPS) is 11.5. The first kappa shape index (κ1) is 29.5. The first-order chi connectivity index (χ1) is 25.3. The van der Waals surface area contributed by atoms with Crippen molar-refractivity contribution in [2.24, 2.45) is 0 Å². The zero-order valence-electron chi connectivity index (χ0n) is 27.8. The van der Waals surface area contributed by atoms with Gasteiger partial charge < -0.3 is 9.47 Å². The summed E-state index contributed by atoms with van der Waals surface area (Å²) < 4.78 is 5.15. The summed E-state index contributed by atoms with van der Waals surface area (Å²) in [6, 6.07) is 70.1. The van der Waals surface area contributed by atoms with E-state index in [-0.39, 0.29) is 0 Å². The average molecular weight is 669 g/mol. The van der Waals surface area contributed by atoms with Gasteiger partial charge in [0.25, 0.3) is 0 Å². The monoisotopic (exact) mass is 668 g/mol. The van der Waals surface area contributed by atoms with Crippen molar-refractivity contribution < 1.29 is 0 Å². The van der Waals surface area contributed by atoms with Crippen LogP contribution in [0.5, 0.6) is 0 Å². The van der Waals surface area contributed by atoms with Crippen molar-refractivity contribution in [2.75, 3.05) is 4.90 Å². The molecule has 0 spiro atoms. The van der Waals surface area contributed by atoms with Crippen molar-refractivity contribution in [3.63, 3.8) is 0 Å². The molecule has 2 nitrogen and oxygen atoms in total. The number of fused-ring (bicyclic) bond motifs is 6. The summed E-state index contributed by atoms with van der Waals surface area (Å²) in [4.78, 5) is 2.33. The van der Waals surface area contributed by atoms with Gasteiger partial charge in [-0.3, -0.25) is 0 Å². The molecule has 0 aliphatic rings. The van der Waals surface area contributed by atoms with Gasteiger partial charge in [-0.15, -0.1) is 11.3 Å². The molecule has 8 aromatic carbocycles. The quantitative estimate of drug-likeness (QED) is 0.171. The third-order valence-corrected chi connectivity index (χ3v) is 11.2. The Morgan fingerprint density at radius 1 is 0.373 bits per heavy atom. The lowest BCUT2D eigenvalue weighted by molar-refractivity contribution is 1.21. The van der Waals surface area contributed by atoms with Crippen LogP contribution in [0.2, 0.25) is 0 Å². The van der Waals surface area contributed by atoms with Gasteiger partial charge in [-0.25, -0.2) is 0 Å². The fraction of sp³-hybridized carbons (Fsp3) is 0. The Morgan fingerprint density at radius 3 is 1.63 bits per heavy atom. The number of aromatic nitrogens is 1. The van der Waals surface area contributed by atoms with Gasteiger partial charge in [0.1, 0.15) is 0 Å². The summed E-state index contributed by atoms with van der Waals surface area (Å²) >= 11 is 1.89. The van der Waals surface area contributed by atoms with E-state index in [1.807, 2.05) is 11.3 Å². The molecule has 0 unspecified atom stereocenters. The number of para-hydroxylation sites is 2. The molecule has 0 saturated carbocycles. The highest BCUT2D eigenvalue weighted by Crippen LogP contribution is 2.44. The maximum atomic E-state index is 2.49. The van der Waals surface area contributed by atoms with Crippen LogP contribution in [0, 0.1) is 0 Å². The lowest BCUT2D eigenvalue weighted by Gasteiger charge is -2.26. The van der Waals surface area contributed by atoms with E-state index in [0.717, 1.165) is 17.1 Å². The Hall–Kier alpha value is -6.42. The van der Waals surface area contributed by atoms with Gasteiger partial charge in [0.15, 0.2) is 0 Å². The van der Waals surface area contributed by atoms with Gasteiger partial charge >= 0.3 is 0 Å². The molecular weight excluding hydrogens is 637 g/mol. The van der Waals surface area contributed by atoms with Gasteiger partial charge in [0.05, 0.1) is 21.4 Å². The second kappa shape index (κ2) is 12.2. The Balaban J connectivity index is 1.08. The number of nitrogens with zero attached hydrogens (tertiary/aromatic N) is 2. The Kier molecular flexibility index (Phi) is 7.04. The molecule has 2 aromatic heterocycles. The van der Waals surface area contributed by atoms with Crippen LogP contribution in [0.3, 0.4) is 0 Å². The van der Waals surface area contributed by atoms with Crippen LogP contribution in [0.1, 0.15) is 0 Å². The molecule has 0 bridgehead atoms. The van der Waals surface area contributed by atoms with Crippen LogP contribution < -0.4 is 4.90 Å². The van der Waals surface area contributed by atoms with Crippen molar-refractivity contribution >= 4 is 70.4 Å². The number of anilines is 3. The predicted molar refractivity (Wildman–Crippen MR) is 219 cm³/mol. The SMILES string of the molecule is c1ccc(-c2ccc(N(c3ccccc3)c3ccc(-c4ccc(-n5c6ccccc6c6sc7ccccc7c65)c5ccccc45)cc3)cc2)cc1. The van der Waals surface area contributed by atoms with Crippen molar-refractivity contribution in [1.82, 2.24) is 4.57 Å². The predicted octanol–water partition coefficient (Wildman–Crippen LogP) is 14.0. The summed E-state index contributed by atoms with van der Waals surface area (Å²) in [7, 11) is 0. The Labute approximate surface area is 300 Å². The van der Waals surface area contributed by atoms with Gasteiger partial charge in [-0.05, 0) is 82.2 Å². The molecule has 0 N–H and O–H groups in total. The van der Waals surface area contributed by atoms with Gasteiger partial charge in [0, 0.05) is 37.9 Å². The van der Waals surface area contributed by atoms with E-state index in [1.165, 1.54) is 69.9 Å². The smallest absolute Gasteiger partial charge is 0.0727 e. The van der Waals surface area contributed by atoms with E-state index in [2.05, 4.69) is 204 Å². The minimum absolute atomic E-state index is 1.11. The van der Waals surface area contributed by atoms with Crippen LogP contribution >= 0.6 is 11.3 Å². The summed E-state index contributed by atoms with van der Waals surface area (Å²) in [6.07, 6.45) is 0. The highest BCUT2D eigenvalue weighted by molar-refractivity contribution is 7.26. The number of hydrogen-bond acceptors (Lipinski definition) is 2. The summed E-state index contributed by atoms with van der Waals surface area (Å²) in [5, 5.41) is 5.08. The Morgan fingerprint density at radius 2 is 0.902 bits per heavy atom. The molecule has 0 radical (unpaired) electrons. The molecule has 0 aliphatic heterocycles. The molecule has 0 fully saturated rings. The van der Waals surface area contributed by atoms with Crippen LogP contribution in [0.15, 0.2) is 194 Å². The number of benzene rings is 8. The lowest BCUT2D eigenvalue weighted by atomic mass is 9.96. The maximum absolute atomic E-state index is 2.49. The zero-order chi connectivity index (χ0) is 33.7. The largest absolute Gasteiger partial charge is 0.311 e. The number of hydrogen-bond donors (Lipinski definition) is 0.